The molecule has 0 aliphatic carbocycles. The predicted octanol–water partition coefficient (Wildman–Crippen LogP) is 4.98. The second kappa shape index (κ2) is 11.0. The largest absolute Gasteiger partial charge is 0.508 e. The number of carbonyl (C=O) groups excluding carboxylic acids is 3. The van der Waals surface area contributed by atoms with Gasteiger partial charge in [-0.15, -0.1) is 0 Å². The molecule has 0 saturated carbocycles. The summed E-state index contributed by atoms with van der Waals surface area (Å²) in [5.74, 6) is -2.14. The van der Waals surface area contributed by atoms with Gasteiger partial charge in [-0.2, -0.15) is 0 Å². The fraction of sp³-hybridized carbons (Fsp3) is 0.207. The number of aromatic hydroxyl groups is 1. The van der Waals surface area contributed by atoms with Crippen LogP contribution >= 0.6 is 0 Å². The summed E-state index contributed by atoms with van der Waals surface area (Å²) in [4.78, 5) is 40.4. The van der Waals surface area contributed by atoms with Crippen LogP contribution in [0, 0.1) is 0 Å². The minimum absolute atomic E-state index is 0.00536. The van der Waals surface area contributed by atoms with Crippen LogP contribution in [0.3, 0.4) is 0 Å². The molecule has 37 heavy (non-hydrogen) atoms. The number of Topliss-reactive ketones (excluding diaryl/α,β-unsaturated/α-hetero) is 1. The summed E-state index contributed by atoms with van der Waals surface area (Å²) >= 11 is 0. The number of carbonyl (C=O) groups is 3. The van der Waals surface area contributed by atoms with Crippen molar-refractivity contribution >= 4 is 29.1 Å². The van der Waals surface area contributed by atoms with Gasteiger partial charge in [0.25, 0.3) is 11.7 Å². The van der Waals surface area contributed by atoms with Crippen LogP contribution in [0.15, 0.2) is 78.4 Å². The Morgan fingerprint density at radius 1 is 0.946 bits per heavy atom. The van der Waals surface area contributed by atoms with Gasteiger partial charge < -0.3 is 19.7 Å². The first-order valence-electron chi connectivity index (χ1n) is 12.0. The van der Waals surface area contributed by atoms with E-state index < -0.39 is 23.7 Å². The molecule has 1 saturated heterocycles. The van der Waals surface area contributed by atoms with Crippen molar-refractivity contribution in [3.63, 3.8) is 0 Å². The molecule has 1 unspecified atom stereocenters. The summed E-state index contributed by atoms with van der Waals surface area (Å²) < 4.78 is 10.7. The van der Waals surface area contributed by atoms with Gasteiger partial charge in [-0.05, 0) is 61.4 Å². The normalized spacial score (nSPS) is 16.6. The standard InChI is InChI=1S/C29H27NO7/c1-3-15-37-29(35)20-8-5-9-21(16-20)30-25(18-11-13-22(31)14-12-18)24(27(33)28(30)34)26(32)19-7-6-10-23(17-19)36-4-2/h5-14,16-17,25,31-32H,3-4,15H2,1-2H3/b26-24+. The summed E-state index contributed by atoms with van der Waals surface area (Å²) in [5, 5.41) is 21.1. The lowest BCUT2D eigenvalue weighted by Crippen LogP contribution is -2.29. The highest BCUT2D eigenvalue weighted by Gasteiger charge is 2.47. The third-order valence-corrected chi connectivity index (χ3v) is 5.87. The number of phenolic OH excluding ortho intramolecular Hbond substituents is 1. The fourth-order valence-electron chi connectivity index (χ4n) is 4.19. The monoisotopic (exact) mass is 501 g/mol. The molecule has 1 aliphatic heterocycles. The van der Waals surface area contributed by atoms with E-state index in [-0.39, 0.29) is 34.9 Å². The molecule has 2 N–H and O–H groups in total. The Balaban J connectivity index is 1.87. The maximum atomic E-state index is 13.4. The number of anilines is 1. The number of rotatable bonds is 8. The number of ether oxygens (including phenoxy) is 2. The highest BCUT2D eigenvalue weighted by Crippen LogP contribution is 2.42. The number of phenols is 1. The van der Waals surface area contributed by atoms with Crippen LogP contribution in [0.5, 0.6) is 11.5 Å². The Morgan fingerprint density at radius 3 is 2.35 bits per heavy atom. The van der Waals surface area contributed by atoms with E-state index >= 15 is 0 Å². The van der Waals surface area contributed by atoms with E-state index in [1.807, 2.05) is 13.8 Å². The molecule has 0 aromatic heterocycles. The zero-order valence-corrected chi connectivity index (χ0v) is 20.5. The quantitative estimate of drug-likeness (QED) is 0.194. The number of hydrogen-bond donors (Lipinski definition) is 2. The van der Waals surface area contributed by atoms with Crippen LogP contribution < -0.4 is 9.64 Å². The minimum atomic E-state index is -1.02. The van der Waals surface area contributed by atoms with Gasteiger partial charge >= 0.3 is 5.97 Å². The Bertz CT molecular complexity index is 1360. The second-order valence-electron chi connectivity index (χ2n) is 8.41. The first-order valence-corrected chi connectivity index (χ1v) is 12.0. The van der Waals surface area contributed by atoms with Crippen molar-refractivity contribution in [3.8, 4) is 11.5 Å². The SMILES string of the molecule is CCCOC(=O)c1cccc(N2C(=O)C(=O)/C(=C(/O)c3cccc(OCC)c3)C2c2ccc(O)cc2)c1. The van der Waals surface area contributed by atoms with Crippen molar-refractivity contribution in [1.82, 2.24) is 0 Å². The first kappa shape index (κ1) is 25.5. The van der Waals surface area contributed by atoms with Gasteiger partial charge in [0.2, 0.25) is 0 Å². The lowest BCUT2D eigenvalue weighted by atomic mass is 9.95. The van der Waals surface area contributed by atoms with E-state index in [1.165, 1.54) is 23.1 Å². The number of esters is 1. The highest BCUT2D eigenvalue weighted by atomic mass is 16.5. The topological polar surface area (TPSA) is 113 Å². The average molecular weight is 502 g/mol. The minimum Gasteiger partial charge on any atom is -0.508 e. The fourth-order valence-corrected chi connectivity index (χ4v) is 4.19. The van der Waals surface area contributed by atoms with E-state index in [0.717, 1.165) is 0 Å². The Labute approximate surface area is 214 Å². The Morgan fingerprint density at radius 2 is 1.65 bits per heavy atom. The molecular formula is C29H27NO7. The molecule has 1 heterocycles. The molecule has 3 aromatic rings. The lowest BCUT2D eigenvalue weighted by molar-refractivity contribution is -0.132. The molecule has 0 bridgehead atoms. The zero-order valence-electron chi connectivity index (χ0n) is 20.5. The van der Waals surface area contributed by atoms with Gasteiger partial charge in [-0.25, -0.2) is 4.79 Å². The Hall–Kier alpha value is -4.59. The van der Waals surface area contributed by atoms with E-state index in [2.05, 4.69) is 0 Å². The number of amides is 1. The van der Waals surface area contributed by atoms with Gasteiger partial charge in [0, 0.05) is 11.3 Å². The summed E-state index contributed by atoms with van der Waals surface area (Å²) in [6.45, 7) is 4.38. The second-order valence-corrected chi connectivity index (χ2v) is 8.41. The van der Waals surface area contributed by atoms with E-state index in [4.69, 9.17) is 9.47 Å². The van der Waals surface area contributed by atoms with Gasteiger partial charge in [-0.1, -0.05) is 37.3 Å². The molecule has 8 nitrogen and oxygen atoms in total. The summed E-state index contributed by atoms with van der Waals surface area (Å²) in [7, 11) is 0. The van der Waals surface area contributed by atoms with Gasteiger partial charge in [-0.3, -0.25) is 14.5 Å². The molecule has 3 aromatic carbocycles. The molecule has 1 amide bonds. The van der Waals surface area contributed by atoms with Crippen LogP contribution in [0.4, 0.5) is 5.69 Å². The van der Waals surface area contributed by atoms with Crippen LogP contribution in [-0.2, 0) is 14.3 Å². The molecule has 190 valence electrons. The van der Waals surface area contributed by atoms with Gasteiger partial charge in [0.1, 0.15) is 17.3 Å². The smallest absolute Gasteiger partial charge is 0.338 e. The number of aliphatic hydroxyl groups excluding tert-OH is 1. The number of hydrogen-bond acceptors (Lipinski definition) is 7. The molecule has 0 spiro atoms. The van der Waals surface area contributed by atoms with E-state index in [0.29, 0.717) is 29.9 Å². The van der Waals surface area contributed by atoms with Crippen molar-refractivity contribution in [2.45, 2.75) is 26.3 Å². The maximum absolute atomic E-state index is 13.4. The molecular weight excluding hydrogens is 474 g/mol. The third kappa shape index (κ3) is 5.18. The molecule has 1 fully saturated rings. The van der Waals surface area contributed by atoms with Crippen LogP contribution in [0.25, 0.3) is 5.76 Å². The predicted molar refractivity (Wildman–Crippen MR) is 138 cm³/mol. The number of ketones is 1. The molecule has 1 atom stereocenters. The van der Waals surface area contributed by atoms with Crippen LogP contribution in [-0.4, -0.2) is 41.1 Å². The van der Waals surface area contributed by atoms with Crippen molar-refractivity contribution in [1.29, 1.82) is 0 Å². The van der Waals surface area contributed by atoms with E-state index in [9.17, 15) is 24.6 Å². The van der Waals surface area contributed by atoms with Crippen molar-refractivity contribution in [2.24, 2.45) is 0 Å². The average Bonchev–Trinajstić information content (AvgIpc) is 3.17. The van der Waals surface area contributed by atoms with Crippen molar-refractivity contribution in [3.05, 3.63) is 95.1 Å². The maximum Gasteiger partial charge on any atom is 0.338 e. The van der Waals surface area contributed by atoms with Gasteiger partial charge in [0.05, 0.1) is 30.4 Å². The summed E-state index contributed by atoms with van der Waals surface area (Å²) in [5.41, 5.74) is 1.18. The number of nitrogens with zero attached hydrogens (tertiary/aromatic N) is 1. The van der Waals surface area contributed by atoms with Crippen molar-refractivity contribution < 1.29 is 34.1 Å². The van der Waals surface area contributed by atoms with Crippen molar-refractivity contribution in [2.75, 3.05) is 18.1 Å². The zero-order chi connectivity index (χ0) is 26.5. The lowest BCUT2D eigenvalue weighted by Gasteiger charge is -2.26. The Kier molecular flexibility index (Phi) is 7.57. The third-order valence-electron chi connectivity index (χ3n) is 5.87. The first-order chi connectivity index (χ1) is 17.8. The highest BCUT2D eigenvalue weighted by molar-refractivity contribution is 6.51. The number of aliphatic hydroxyl groups is 1. The summed E-state index contributed by atoms with van der Waals surface area (Å²) in [6, 6.07) is 17.8. The molecule has 8 heteroatoms. The number of benzene rings is 3. The van der Waals surface area contributed by atoms with Crippen LogP contribution in [0.2, 0.25) is 0 Å². The molecule has 4 rings (SSSR count). The van der Waals surface area contributed by atoms with Crippen LogP contribution in [0.1, 0.15) is 47.8 Å². The van der Waals surface area contributed by atoms with E-state index in [1.54, 1.807) is 54.6 Å². The van der Waals surface area contributed by atoms with Gasteiger partial charge in [0.15, 0.2) is 0 Å². The molecule has 0 radical (unpaired) electrons. The summed E-state index contributed by atoms with van der Waals surface area (Å²) in [6.07, 6.45) is 0.658. The molecule has 1 aliphatic rings.